The molecule has 1 unspecified atom stereocenters. The number of carbonyl (C=O) groups excluding carboxylic acids is 1. The lowest BCUT2D eigenvalue weighted by atomic mass is 10.1. The highest BCUT2D eigenvalue weighted by Gasteiger charge is 2.27. The second-order valence-corrected chi connectivity index (χ2v) is 4.34. The van der Waals surface area contributed by atoms with Gasteiger partial charge in [-0.25, -0.2) is 4.79 Å². The summed E-state index contributed by atoms with van der Waals surface area (Å²) < 4.78 is 0. The van der Waals surface area contributed by atoms with Crippen molar-refractivity contribution in [3.8, 4) is 0 Å². The summed E-state index contributed by atoms with van der Waals surface area (Å²) in [4.78, 5) is 23.1. The summed E-state index contributed by atoms with van der Waals surface area (Å²) >= 11 is 0. The van der Waals surface area contributed by atoms with Crippen molar-refractivity contribution in [2.45, 2.75) is 24.9 Å². The van der Waals surface area contributed by atoms with E-state index in [0.29, 0.717) is 5.56 Å². The first kappa shape index (κ1) is 12.6. The summed E-state index contributed by atoms with van der Waals surface area (Å²) in [5.41, 5.74) is 0.580. The molecule has 1 heterocycles. The fourth-order valence-corrected chi connectivity index (χ4v) is 2.08. The van der Waals surface area contributed by atoms with Crippen LogP contribution in [0.1, 0.15) is 24.4 Å². The third kappa shape index (κ3) is 2.87. The zero-order chi connectivity index (χ0) is 13.0. The molecule has 1 aromatic rings. The number of hydrogen-bond donors (Lipinski definition) is 3. The number of nitrogens with one attached hydrogen (secondary N) is 2. The van der Waals surface area contributed by atoms with Crippen LogP contribution in [0.15, 0.2) is 30.3 Å². The molecule has 18 heavy (non-hydrogen) atoms. The Hall–Kier alpha value is -1.88. The predicted molar refractivity (Wildman–Crippen MR) is 66.0 cm³/mol. The Kier molecular flexibility index (Phi) is 3.94. The van der Waals surface area contributed by atoms with Gasteiger partial charge >= 0.3 is 5.97 Å². The molecule has 0 aliphatic carbocycles. The van der Waals surface area contributed by atoms with E-state index >= 15 is 0 Å². The molecule has 1 amide bonds. The van der Waals surface area contributed by atoms with Crippen LogP contribution in [-0.2, 0) is 9.59 Å². The zero-order valence-corrected chi connectivity index (χ0v) is 9.93. The van der Waals surface area contributed by atoms with Crippen LogP contribution in [0, 0.1) is 0 Å². The molecule has 1 aliphatic heterocycles. The fourth-order valence-electron chi connectivity index (χ4n) is 2.08. The fraction of sp³-hybridized carbons (Fsp3) is 0.385. The van der Waals surface area contributed by atoms with Gasteiger partial charge in [0.05, 0.1) is 6.04 Å². The highest BCUT2D eigenvalue weighted by atomic mass is 16.4. The molecule has 0 aromatic heterocycles. The Balaban J connectivity index is 2.07. The summed E-state index contributed by atoms with van der Waals surface area (Å²) in [6.45, 7) is 0.807. The molecular weight excluding hydrogens is 232 g/mol. The smallest absolute Gasteiger partial charge is 0.330 e. The van der Waals surface area contributed by atoms with Gasteiger partial charge in [0, 0.05) is 0 Å². The van der Waals surface area contributed by atoms with Crippen molar-refractivity contribution >= 4 is 11.9 Å². The average Bonchev–Trinajstić information content (AvgIpc) is 2.90. The Morgan fingerprint density at radius 3 is 2.61 bits per heavy atom. The highest BCUT2D eigenvalue weighted by molar-refractivity contribution is 5.87. The van der Waals surface area contributed by atoms with Crippen molar-refractivity contribution in [3.63, 3.8) is 0 Å². The van der Waals surface area contributed by atoms with E-state index in [2.05, 4.69) is 10.6 Å². The molecule has 96 valence electrons. The first-order chi connectivity index (χ1) is 8.68. The molecule has 3 N–H and O–H groups in total. The predicted octanol–water partition coefficient (Wildman–Crippen LogP) is 0.680. The normalized spacial score (nSPS) is 20.3. The lowest BCUT2D eigenvalue weighted by Gasteiger charge is -2.17. The van der Waals surface area contributed by atoms with Gasteiger partial charge in [-0.2, -0.15) is 0 Å². The SMILES string of the molecule is O=C(O)C(NC(=O)[C@H]1CCCN1)c1ccccc1. The molecule has 5 heteroatoms. The Labute approximate surface area is 105 Å². The van der Waals surface area contributed by atoms with Gasteiger partial charge in [-0.3, -0.25) is 4.79 Å². The lowest BCUT2D eigenvalue weighted by molar-refractivity contribution is -0.142. The summed E-state index contributed by atoms with van der Waals surface area (Å²) in [6.07, 6.45) is 1.70. The molecule has 0 bridgehead atoms. The average molecular weight is 248 g/mol. The molecular formula is C13H16N2O3. The molecule has 0 spiro atoms. The lowest BCUT2D eigenvalue weighted by Crippen LogP contribution is -2.44. The van der Waals surface area contributed by atoms with Crippen LogP contribution in [0.2, 0.25) is 0 Å². The minimum atomic E-state index is -1.05. The van der Waals surface area contributed by atoms with Gasteiger partial charge in [0.1, 0.15) is 0 Å². The van der Waals surface area contributed by atoms with Crippen molar-refractivity contribution < 1.29 is 14.7 Å². The van der Waals surface area contributed by atoms with Gasteiger partial charge in [0.2, 0.25) is 5.91 Å². The number of carboxylic acids is 1. The number of rotatable bonds is 4. The van der Waals surface area contributed by atoms with Crippen LogP contribution in [0.4, 0.5) is 0 Å². The maximum absolute atomic E-state index is 11.9. The van der Waals surface area contributed by atoms with Crippen molar-refractivity contribution in [1.29, 1.82) is 0 Å². The van der Waals surface area contributed by atoms with E-state index in [1.54, 1.807) is 24.3 Å². The van der Waals surface area contributed by atoms with Gasteiger partial charge in [-0.1, -0.05) is 30.3 Å². The van der Waals surface area contributed by atoms with Crippen LogP contribution in [-0.4, -0.2) is 29.6 Å². The summed E-state index contributed by atoms with van der Waals surface area (Å²) in [5, 5.41) is 14.8. The van der Waals surface area contributed by atoms with Gasteiger partial charge < -0.3 is 15.7 Å². The van der Waals surface area contributed by atoms with E-state index in [0.717, 1.165) is 19.4 Å². The van der Waals surface area contributed by atoms with Gasteiger partial charge in [-0.05, 0) is 24.9 Å². The Morgan fingerprint density at radius 1 is 1.33 bits per heavy atom. The van der Waals surface area contributed by atoms with Crippen molar-refractivity contribution in [1.82, 2.24) is 10.6 Å². The van der Waals surface area contributed by atoms with Gasteiger partial charge in [0.15, 0.2) is 6.04 Å². The first-order valence-electron chi connectivity index (χ1n) is 6.00. The molecule has 0 radical (unpaired) electrons. The Morgan fingerprint density at radius 2 is 2.06 bits per heavy atom. The quantitative estimate of drug-likeness (QED) is 0.732. The number of amides is 1. The van der Waals surface area contributed by atoms with Crippen LogP contribution < -0.4 is 10.6 Å². The second kappa shape index (κ2) is 5.64. The number of hydrogen-bond acceptors (Lipinski definition) is 3. The van der Waals surface area contributed by atoms with E-state index in [1.165, 1.54) is 0 Å². The minimum Gasteiger partial charge on any atom is -0.479 e. The van der Waals surface area contributed by atoms with E-state index in [4.69, 9.17) is 0 Å². The maximum Gasteiger partial charge on any atom is 0.330 e. The number of carboxylic acid groups (broad SMARTS) is 1. The number of benzene rings is 1. The molecule has 1 aromatic carbocycles. The molecule has 1 saturated heterocycles. The number of carbonyl (C=O) groups is 2. The Bertz CT molecular complexity index is 427. The van der Waals surface area contributed by atoms with Crippen LogP contribution in [0.3, 0.4) is 0 Å². The van der Waals surface area contributed by atoms with Gasteiger partial charge in [-0.15, -0.1) is 0 Å². The van der Waals surface area contributed by atoms with E-state index in [-0.39, 0.29) is 11.9 Å². The molecule has 2 rings (SSSR count). The number of aliphatic carboxylic acids is 1. The molecule has 1 aliphatic rings. The van der Waals surface area contributed by atoms with Crippen LogP contribution in [0.5, 0.6) is 0 Å². The highest BCUT2D eigenvalue weighted by Crippen LogP contribution is 2.14. The third-order valence-corrected chi connectivity index (χ3v) is 3.04. The van der Waals surface area contributed by atoms with E-state index < -0.39 is 12.0 Å². The summed E-state index contributed by atoms with van der Waals surface area (Å²) in [6, 6.07) is 7.46. The summed E-state index contributed by atoms with van der Waals surface area (Å²) in [7, 11) is 0. The topological polar surface area (TPSA) is 78.4 Å². The minimum absolute atomic E-state index is 0.247. The first-order valence-corrected chi connectivity index (χ1v) is 6.00. The van der Waals surface area contributed by atoms with E-state index in [1.807, 2.05) is 6.07 Å². The summed E-state index contributed by atoms with van der Waals surface area (Å²) in [5.74, 6) is -1.30. The monoisotopic (exact) mass is 248 g/mol. The van der Waals surface area contributed by atoms with Crippen LogP contribution in [0.25, 0.3) is 0 Å². The van der Waals surface area contributed by atoms with Crippen molar-refractivity contribution in [2.24, 2.45) is 0 Å². The van der Waals surface area contributed by atoms with Crippen LogP contribution >= 0.6 is 0 Å². The van der Waals surface area contributed by atoms with Gasteiger partial charge in [0.25, 0.3) is 0 Å². The molecule has 0 saturated carbocycles. The molecule has 1 fully saturated rings. The van der Waals surface area contributed by atoms with Crippen molar-refractivity contribution in [2.75, 3.05) is 6.54 Å². The largest absolute Gasteiger partial charge is 0.479 e. The second-order valence-electron chi connectivity index (χ2n) is 4.34. The maximum atomic E-state index is 11.9. The van der Waals surface area contributed by atoms with E-state index in [9.17, 15) is 14.7 Å². The zero-order valence-electron chi connectivity index (χ0n) is 9.93. The third-order valence-electron chi connectivity index (χ3n) is 3.04. The molecule has 5 nitrogen and oxygen atoms in total. The van der Waals surface area contributed by atoms with Crippen molar-refractivity contribution in [3.05, 3.63) is 35.9 Å². The standard InChI is InChI=1S/C13H16N2O3/c16-12(10-7-4-8-14-10)15-11(13(17)18)9-5-2-1-3-6-9/h1-3,5-6,10-11,14H,4,7-8H2,(H,15,16)(H,17,18)/t10-,11?/m1/s1. The molecule has 2 atom stereocenters.